The maximum atomic E-state index is 3.62. The van der Waals surface area contributed by atoms with Gasteiger partial charge in [0.15, 0.2) is 0 Å². The van der Waals surface area contributed by atoms with E-state index in [0.29, 0.717) is 6.04 Å². The summed E-state index contributed by atoms with van der Waals surface area (Å²) >= 11 is 0. The normalized spacial score (nSPS) is 29.6. The smallest absolute Gasteiger partial charge is 0.0217 e. The van der Waals surface area contributed by atoms with Gasteiger partial charge < -0.3 is 5.32 Å². The van der Waals surface area contributed by atoms with Crippen LogP contribution in [-0.4, -0.2) is 36.6 Å². The minimum absolute atomic E-state index is 0.651. The topological polar surface area (TPSA) is 15.3 Å². The van der Waals surface area contributed by atoms with Crippen molar-refractivity contribution in [3.05, 3.63) is 0 Å². The predicted molar refractivity (Wildman–Crippen MR) is 71.7 cm³/mol. The molecule has 0 aromatic heterocycles. The molecule has 3 unspecified atom stereocenters. The molecule has 0 bridgehead atoms. The Kier molecular flexibility index (Phi) is 5.77. The lowest BCUT2D eigenvalue weighted by Crippen LogP contribution is -2.50. The van der Waals surface area contributed by atoms with Crippen LogP contribution in [0.1, 0.15) is 47.5 Å². The van der Waals surface area contributed by atoms with Crippen molar-refractivity contribution in [3.63, 3.8) is 0 Å². The molecule has 1 rings (SSSR count). The van der Waals surface area contributed by atoms with Gasteiger partial charge in [0.25, 0.3) is 0 Å². The Labute approximate surface area is 102 Å². The second-order valence-corrected chi connectivity index (χ2v) is 5.89. The van der Waals surface area contributed by atoms with Gasteiger partial charge in [-0.15, -0.1) is 0 Å². The first-order chi connectivity index (χ1) is 7.54. The first kappa shape index (κ1) is 14.0. The number of hydrogen-bond acceptors (Lipinski definition) is 2. The van der Waals surface area contributed by atoms with Crippen molar-refractivity contribution in [2.75, 3.05) is 19.6 Å². The van der Waals surface area contributed by atoms with E-state index in [9.17, 15) is 0 Å². The summed E-state index contributed by atoms with van der Waals surface area (Å²) in [5.41, 5.74) is 0. The molecule has 0 aliphatic carbocycles. The fourth-order valence-corrected chi connectivity index (χ4v) is 2.66. The van der Waals surface area contributed by atoms with Gasteiger partial charge >= 0.3 is 0 Å². The molecule has 1 N–H and O–H groups in total. The number of hydrogen-bond donors (Lipinski definition) is 1. The molecule has 1 fully saturated rings. The summed E-state index contributed by atoms with van der Waals surface area (Å²) in [4.78, 5) is 2.68. The molecule has 0 radical (unpaired) electrons. The van der Waals surface area contributed by atoms with E-state index in [-0.39, 0.29) is 0 Å². The minimum atomic E-state index is 0.651. The monoisotopic (exact) mass is 226 g/mol. The quantitative estimate of drug-likeness (QED) is 0.775. The van der Waals surface area contributed by atoms with E-state index in [1.807, 2.05) is 0 Å². The third-order valence-electron chi connectivity index (χ3n) is 3.95. The standard InChI is InChI=1S/C14H30N2/c1-6-15-14(11(2)3)10-16-9-12(4)7-8-13(16)5/h11-15H,6-10H2,1-5H3. The van der Waals surface area contributed by atoms with Crippen molar-refractivity contribution in [2.45, 2.75) is 59.5 Å². The van der Waals surface area contributed by atoms with E-state index in [1.54, 1.807) is 0 Å². The molecule has 16 heavy (non-hydrogen) atoms. The zero-order chi connectivity index (χ0) is 12.1. The molecule has 1 aliphatic rings. The maximum absolute atomic E-state index is 3.62. The number of piperidine rings is 1. The van der Waals surface area contributed by atoms with Crippen LogP contribution in [0, 0.1) is 11.8 Å². The van der Waals surface area contributed by atoms with E-state index >= 15 is 0 Å². The van der Waals surface area contributed by atoms with Gasteiger partial charge in [-0.25, -0.2) is 0 Å². The fraction of sp³-hybridized carbons (Fsp3) is 1.00. The zero-order valence-corrected chi connectivity index (χ0v) is 11.8. The lowest BCUT2D eigenvalue weighted by atomic mass is 9.93. The fourth-order valence-electron chi connectivity index (χ4n) is 2.66. The SMILES string of the molecule is CCNC(CN1CC(C)CCC1C)C(C)C. The summed E-state index contributed by atoms with van der Waals surface area (Å²) in [7, 11) is 0. The van der Waals surface area contributed by atoms with E-state index in [2.05, 4.69) is 44.8 Å². The van der Waals surface area contributed by atoms with Crippen molar-refractivity contribution in [3.8, 4) is 0 Å². The lowest BCUT2D eigenvalue weighted by Gasteiger charge is -2.39. The van der Waals surface area contributed by atoms with Crippen molar-refractivity contribution in [1.82, 2.24) is 10.2 Å². The Balaban J connectivity index is 2.48. The lowest BCUT2D eigenvalue weighted by molar-refractivity contribution is 0.104. The van der Waals surface area contributed by atoms with Crippen molar-refractivity contribution < 1.29 is 0 Å². The third kappa shape index (κ3) is 4.06. The van der Waals surface area contributed by atoms with E-state index in [1.165, 1.54) is 25.9 Å². The highest BCUT2D eigenvalue weighted by molar-refractivity contribution is 4.82. The Morgan fingerprint density at radius 2 is 1.94 bits per heavy atom. The molecule has 0 amide bonds. The molecular formula is C14H30N2. The molecule has 3 atom stereocenters. The Bertz CT molecular complexity index is 191. The highest BCUT2D eigenvalue weighted by Crippen LogP contribution is 2.22. The molecule has 2 heteroatoms. The van der Waals surface area contributed by atoms with E-state index in [4.69, 9.17) is 0 Å². The number of nitrogens with zero attached hydrogens (tertiary/aromatic N) is 1. The van der Waals surface area contributed by atoms with Crippen LogP contribution in [-0.2, 0) is 0 Å². The van der Waals surface area contributed by atoms with Gasteiger partial charge in [0, 0.05) is 25.2 Å². The van der Waals surface area contributed by atoms with Crippen LogP contribution in [0.15, 0.2) is 0 Å². The van der Waals surface area contributed by atoms with Gasteiger partial charge in [0.05, 0.1) is 0 Å². The highest BCUT2D eigenvalue weighted by Gasteiger charge is 2.25. The van der Waals surface area contributed by atoms with Crippen molar-refractivity contribution >= 4 is 0 Å². The zero-order valence-electron chi connectivity index (χ0n) is 11.8. The van der Waals surface area contributed by atoms with Crippen LogP contribution in [0.3, 0.4) is 0 Å². The molecule has 0 aromatic carbocycles. The molecule has 1 saturated heterocycles. The molecule has 1 aliphatic heterocycles. The number of likely N-dealkylation sites (N-methyl/N-ethyl adjacent to an activating group) is 1. The first-order valence-corrected chi connectivity index (χ1v) is 7.02. The molecular weight excluding hydrogens is 196 g/mol. The Hall–Kier alpha value is -0.0800. The summed E-state index contributed by atoms with van der Waals surface area (Å²) in [5, 5.41) is 3.62. The van der Waals surface area contributed by atoms with Crippen LogP contribution in [0.5, 0.6) is 0 Å². The number of likely N-dealkylation sites (tertiary alicyclic amines) is 1. The second-order valence-electron chi connectivity index (χ2n) is 5.89. The highest BCUT2D eigenvalue weighted by atomic mass is 15.2. The van der Waals surface area contributed by atoms with Crippen molar-refractivity contribution in [1.29, 1.82) is 0 Å². The third-order valence-corrected chi connectivity index (χ3v) is 3.95. The van der Waals surface area contributed by atoms with Gasteiger partial charge in [0.2, 0.25) is 0 Å². The largest absolute Gasteiger partial charge is 0.313 e. The Morgan fingerprint density at radius 3 is 2.50 bits per heavy atom. The van der Waals surface area contributed by atoms with Gasteiger partial charge in [-0.3, -0.25) is 4.90 Å². The molecule has 1 heterocycles. The van der Waals surface area contributed by atoms with Gasteiger partial charge in [-0.2, -0.15) is 0 Å². The molecule has 0 aromatic rings. The first-order valence-electron chi connectivity index (χ1n) is 7.02. The second kappa shape index (κ2) is 6.61. The summed E-state index contributed by atoms with van der Waals surface area (Å²) in [6.07, 6.45) is 2.78. The Morgan fingerprint density at radius 1 is 1.25 bits per heavy atom. The number of rotatable bonds is 5. The van der Waals surface area contributed by atoms with Crippen molar-refractivity contribution in [2.24, 2.45) is 11.8 Å². The van der Waals surface area contributed by atoms with Gasteiger partial charge in [-0.05, 0) is 38.1 Å². The number of nitrogens with one attached hydrogen (secondary N) is 1. The van der Waals surface area contributed by atoms with E-state index < -0.39 is 0 Å². The predicted octanol–water partition coefficient (Wildman–Crippen LogP) is 2.74. The van der Waals surface area contributed by atoms with Gasteiger partial charge in [-0.1, -0.05) is 27.7 Å². The average Bonchev–Trinajstić information content (AvgIpc) is 2.22. The molecule has 96 valence electrons. The van der Waals surface area contributed by atoms with Crippen LogP contribution in [0.25, 0.3) is 0 Å². The van der Waals surface area contributed by atoms with Crippen LogP contribution < -0.4 is 5.32 Å². The summed E-state index contributed by atoms with van der Waals surface area (Å²) in [6, 6.07) is 1.42. The minimum Gasteiger partial charge on any atom is -0.313 e. The molecule has 0 spiro atoms. The van der Waals surface area contributed by atoms with E-state index in [0.717, 1.165) is 24.4 Å². The average molecular weight is 226 g/mol. The molecule has 0 saturated carbocycles. The summed E-state index contributed by atoms with van der Waals surface area (Å²) in [5.74, 6) is 1.61. The van der Waals surface area contributed by atoms with Crippen LogP contribution in [0.2, 0.25) is 0 Å². The van der Waals surface area contributed by atoms with Gasteiger partial charge in [0.1, 0.15) is 0 Å². The van der Waals surface area contributed by atoms with Crippen LogP contribution in [0.4, 0.5) is 0 Å². The maximum Gasteiger partial charge on any atom is 0.0217 e. The summed E-state index contributed by atoms with van der Waals surface area (Å²) in [6.45, 7) is 15.2. The summed E-state index contributed by atoms with van der Waals surface area (Å²) < 4.78 is 0. The molecule has 2 nitrogen and oxygen atoms in total. The van der Waals surface area contributed by atoms with Crippen LogP contribution >= 0.6 is 0 Å².